The van der Waals surface area contributed by atoms with E-state index in [4.69, 9.17) is 0 Å². The highest BCUT2D eigenvalue weighted by molar-refractivity contribution is 5.88. The number of hydrogen-bond donors (Lipinski definition) is 1. The molecule has 0 unspecified atom stereocenters. The van der Waals surface area contributed by atoms with E-state index in [0.29, 0.717) is 5.82 Å². The van der Waals surface area contributed by atoms with Crippen LogP contribution in [-0.2, 0) is 18.3 Å². The maximum absolute atomic E-state index is 12.4. The Balaban J connectivity index is 2.02. The predicted octanol–water partition coefficient (Wildman–Crippen LogP) is -0.994. The number of carbonyl (C=O) groups excluding carboxylic acids is 1. The van der Waals surface area contributed by atoms with Gasteiger partial charge in [0.05, 0.1) is 19.0 Å². The fourth-order valence-corrected chi connectivity index (χ4v) is 2.15. The molecule has 1 N–H and O–H groups in total. The van der Waals surface area contributed by atoms with Gasteiger partial charge in [-0.2, -0.15) is 4.80 Å². The fourth-order valence-electron chi connectivity index (χ4n) is 2.15. The van der Waals surface area contributed by atoms with Crippen molar-refractivity contribution in [3.05, 3.63) is 5.82 Å². The molecule has 7 nitrogen and oxygen atoms in total. The van der Waals surface area contributed by atoms with E-state index in [1.54, 1.807) is 7.05 Å². The van der Waals surface area contributed by atoms with Gasteiger partial charge in [0.15, 0.2) is 11.6 Å². The minimum Gasteiger partial charge on any atom is -0.314 e. The Labute approximate surface area is 107 Å². The maximum atomic E-state index is 12.4. The largest absolute Gasteiger partial charge is 0.314 e. The summed E-state index contributed by atoms with van der Waals surface area (Å²) in [7, 11) is 1.70. The standard InChI is InChI=1S/C11H20N6O/c1-11(2,17-6-4-12-5-7-17)9(18)8-10-13-15-16(3)14-10/h12H,4-8H2,1-3H3. The zero-order chi connectivity index (χ0) is 13.2. The topological polar surface area (TPSA) is 75.9 Å². The Hall–Kier alpha value is -1.34. The van der Waals surface area contributed by atoms with Crippen LogP contribution in [0.2, 0.25) is 0 Å². The van der Waals surface area contributed by atoms with Crippen molar-refractivity contribution < 1.29 is 4.79 Å². The first kappa shape index (κ1) is 13.1. The van der Waals surface area contributed by atoms with Gasteiger partial charge in [-0.3, -0.25) is 9.69 Å². The van der Waals surface area contributed by atoms with E-state index < -0.39 is 5.54 Å². The summed E-state index contributed by atoms with van der Waals surface area (Å²) in [6.45, 7) is 7.59. The molecule has 1 aliphatic heterocycles. The maximum Gasteiger partial charge on any atom is 0.182 e. The second-order valence-electron chi connectivity index (χ2n) is 5.09. The molecule has 0 saturated carbocycles. The van der Waals surface area contributed by atoms with Crippen LogP contribution in [0.5, 0.6) is 0 Å². The summed E-state index contributed by atoms with van der Waals surface area (Å²) in [5.74, 6) is 0.628. The van der Waals surface area contributed by atoms with Gasteiger partial charge in [0.25, 0.3) is 0 Å². The van der Waals surface area contributed by atoms with Crippen molar-refractivity contribution in [3.63, 3.8) is 0 Å². The summed E-state index contributed by atoms with van der Waals surface area (Å²) < 4.78 is 0. The van der Waals surface area contributed by atoms with Crippen LogP contribution in [0.1, 0.15) is 19.7 Å². The first-order chi connectivity index (χ1) is 8.50. The molecule has 7 heteroatoms. The van der Waals surface area contributed by atoms with Crippen LogP contribution < -0.4 is 5.32 Å². The molecule has 1 aromatic heterocycles. The van der Waals surface area contributed by atoms with Crippen LogP contribution in [-0.4, -0.2) is 62.6 Å². The zero-order valence-electron chi connectivity index (χ0n) is 11.2. The molecule has 0 aromatic carbocycles. The molecule has 2 heterocycles. The molecule has 1 saturated heterocycles. The van der Waals surface area contributed by atoms with Crippen LogP contribution >= 0.6 is 0 Å². The van der Waals surface area contributed by atoms with E-state index >= 15 is 0 Å². The van der Waals surface area contributed by atoms with Gasteiger partial charge in [-0.05, 0) is 19.1 Å². The lowest BCUT2D eigenvalue weighted by molar-refractivity contribution is -0.129. The first-order valence-electron chi connectivity index (χ1n) is 6.22. The van der Waals surface area contributed by atoms with Crippen molar-refractivity contribution in [2.45, 2.75) is 25.8 Å². The molecule has 0 atom stereocenters. The number of nitrogens with one attached hydrogen (secondary N) is 1. The second-order valence-corrected chi connectivity index (χ2v) is 5.09. The summed E-state index contributed by atoms with van der Waals surface area (Å²) >= 11 is 0. The molecular formula is C11H20N6O. The van der Waals surface area contributed by atoms with E-state index in [-0.39, 0.29) is 12.2 Å². The highest BCUT2D eigenvalue weighted by Gasteiger charge is 2.35. The number of tetrazole rings is 1. The molecule has 1 fully saturated rings. The van der Waals surface area contributed by atoms with E-state index in [1.807, 2.05) is 13.8 Å². The number of hydrogen-bond acceptors (Lipinski definition) is 6. The molecule has 0 spiro atoms. The molecule has 1 aromatic rings. The summed E-state index contributed by atoms with van der Waals surface area (Å²) in [4.78, 5) is 15.9. The van der Waals surface area contributed by atoms with E-state index in [1.165, 1.54) is 4.80 Å². The number of Topliss-reactive ketones (excluding diaryl/α,β-unsaturated/α-hetero) is 1. The quantitative estimate of drug-likeness (QED) is 0.741. The van der Waals surface area contributed by atoms with Crippen molar-refractivity contribution in [1.29, 1.82) is 0 Å². The Kier molecular flexibility index (Phi) is 3.72. The highest BCUT2D eigenvalue weighted by Crippen LogP contribution is 2.17. The molecule has 0 radical (unpaired) electrons. The Bertz CT molecular complexity index is 421. The molecule has 0 amide bonds. The van der Waals surface area contributed by atoms with Crippen molar-refractivity contribution in [2.75, 3.05) is 26.2 Å². The van der Waals surface area contributed by atoms with E-state index in [0.717, 1.165) is 26.2 Å². The molecule has 18 heavy (non-hydrogen) atoms. The number of carbonyl (C=O) groups is 1. The van der Waals surface area contributed by atoms with Gasteiger partial charge in [0.1, 0.15) is 0 Å². The number of piperazine rings is 1. The van der Waals surface area contributed by atoms with E-state index in [9.17, 15) is 4.79 Å². The van der Waals surface area contributed by atoms with Gasteiger partial charge in [-0.15, -0.1) is 10.2 Å². The average molecular weight is 252 g/mol. The Morgan fingerprint density at radius 2 is 2.06 bits per heavy atom. The number of aryl methyl sites for hydroxylation is 1. The lowest BCUT2D eigenvalue weighted by Crippen LogP contribution is -2.57. The molecule has 100 valence electrons. The van der Waals surface area contributed by atoms with Crippen LogP contribution in [0.15, 0.2) is 0 Å². The first-order valence-corrected chi connectivity index (χ1v) is 6.22. The Morgan fingerprint density at radius 3 is 2.61 bits per heavy atom. The number of aromatic nitrogens is 4. The molecular weight excluding hydrogens is 232 g/mol. The highest BCUT2D eigenvalue weighted by atomic mass is 16.1. The van der Waals surface area contributed by atoms with Crippen LogP contribution in [0.3, 0.4) is 0 Å². The molecule has 1 aliphatic rings. The zero-order valence-corrected chi connectivity index (χ0v) is 11.2. The average Bonchev–Trinajstić information content (AvgIpc) is 2.76. The van der Waals surface area contributed by atoms with Crippen molar-refractivity contribution in [2.24, 2.45) is 7.05 Å². The second kappa shape index (κ2) is 5.11. The molecule has 2 rings (SSSR count). The Morgan fingerprint density at radius 1 is 1.39 bits per heavy atom. The lowest BCUT2D eigenvalue weighted by atomic mass is 9.93. The van der Waals surface area contributed by atoms with Gasteiger partial charge in [-0.1, -0.05) is 0 Å². The minimum atomic E-state index is -0.471. The summed E-state index contributed by atoms with van der Waals surface area (Å²) in [5.41, 5.74) is -0.471. The van der Waals surface area contributed by atoms with Crippen molar-refractivity contribution >= 4 is 5.78 Å². The third-order valence-electron chi connectivity index (χ3n) is 3.46. The minimum absolute atomic E-state index is 0.136. The van der Waals surface area contributed by atoms with Crippen molar-refractivity contribution in [3.8, 4) is 0 Å². The van der Waals surface area contributed by atoms with E-state index in [2.05, 4.69) is 25.6 Å². The number of rotatable bonds is 4. The monoisotopic (exact) mass is 252 g/mol. The summed E-state index contributed by atoms with van der Waals surface area (Å²) in [6.07, 6.45) is 0.241. The lowest BCUT2D eigenvalue weighted by Gasteiger charge is -2.39. The van der Waals surface area contributed by atoms with Gasteiger partial charge >= 0.3 is 0 Å². The number of nitrogens with zero attached hydrogens (tertiary/aromatic N) is 5. The van der Waals surface area contributed by atoms with Gasteiger partial charge in [0, 0.05) is 26.2 Å². The summed E-state index contributed by atoms with van der Waals surface area (Å²) in [5, 5.41) is 14.9. The normalized spacial score (nSPS) is 17.9. The summed E-state index contributed by atoms with van der Waals surface area (Å²) in [6, 6.07) is 0. The number of ketones is 1. The van der Waals surface area contributed by atoms with Gasteiger partial charge < -0.3 is 5.32 Å². The van der Waals surface area contributed by atoms with Gasteiger partial charge in [0.2, 0.25) is 0 Å². The van der Waals surface area contributed by atoms with Gasteiger partial charge in [-0.25, -0.2) is 0 Å². The van der Waals surface area contributed by atoms with Crippen LogP contribution in [0.4, 0.5) is 0 Å². The van der Waals surface area contributed by atoms with Crippen LogP contribution in [0.25, 0.3) is 0 Å². The third kappa shape index (κ3) is 2.73. The molecule has 0 aliphatic carbocycles. The third-order valence-corrected chi connectivity index (χ3v) is 3.46. The fraction of sp³-hybridized carbons (Fsp3) is 0.818. The smallest absolute Gasteiger partial charge is 0.182 e. The van der Waals surface area contributed by atoms with Crippen molar-refractivity contribution in [1.82, 2.24) is 30.4 Å². The predicted molar refractivity (Wildman–Crippen MR) is 66.0 cm³/mol. The van der Waals surface area contributed by atoms with Crippen LogP contribution in [0, 0.1) is 0 Å². The SMILES string of the molecule is Cn1nnc(CC(=O)C(C)(C)N2CCNCC2)n1. The molecule has 0 bridgehead atoms.